The number of sulfone groups is 1. The van der Waals surface area contributed by atoms with Crippen LogP contribution in [0.1, 0.15) is 18.2 Å². The van der Waals surface area contributed by atoms with Crippen LogP contribution in [0.4, 0.5) is 0 Å². The molecule has 0 aliphatic heterocycles. The molecule has 0 aliphatic carbocycles. The minimum Gasteiger partial charge on any atom is -0.369 e. The molecule has 2 N–H and O–H groups in total. The predicted molar refractivity (Wildman–Crippen MR) is 84.6 cm³/mol. The first-order chi connectivity index (χ1) is 10.2. The Balaban J connectivity index is 2.43. The van der Waals surface area contributed by atoms with Gasteiger partial charge in [0.15, 0.2) is 9.84 Å². The van der Waals surface area contributed by atoms with Crippen molar-refractivity contribution in [1.29, 1.82) is 0 Å². The third kappa shape index (κ3) is 3.15. The average molecular weight is 342 g/mol. The van der Waals surface area contributed by atoms with Crippen molar-refractivity contribution in [1.82, 2.24) is 9.78 Å². The number of amides is 1. The summed E-state index contributed by atoms with van der Waals surface area (Å²) in [4.78, 5) is 11.1. The van der Waals surface area contributed by atoms with E-state index in [1.54, 1.807) is 6.92 Å². The molecule has 0 aliphatic rings. The monoisotopic (exact) mass is 341 g/mol. The van der Waals surface area contributed by atoms with Gasteiger partial charge in [-0.05, 0) is 26.0 Å². The van der Waals surface area contributed by atoms with Crippen molar-refractivity contribution in [3.63, 3.8) is 0 Å². The normalized spacial score (nSPS) is 13.0. The lowest BCUT2D eigenvalue weighted by atomic mass is 10.3. The van der Waals surface area contributed by atoms with Gasteiger partial charge in [0.2, 0.25) is 5.91 Å². The number of rotatable bonds is 5. The van der Waals surface area contributed by atoms with Crippen LogP contribution in [0.15, 0.2) is 30.3 Å². The zero-order valence-corrected chi connectivity index (χ0v) is 13.7. The van der Waals surface area contributed by atoms with Crippen LogP contribution in [0.3, 0.4) is 0 Å². The van der Waals surface area contributed by atoms with Gasteiger partial charge in [0.05, 0.1) is 17.1 Å². The summed E-state index contributed by atoms with van der Waals surface area (Å²) in [5.74, 6) is -1.27. The minimum atomic E-state index is -3.74. The van der Waals surface area contributed by atoms with E-state index in [-0.39, 0.29) is 10.9 Å². The molecule has 0 saturated carbocycles. The molecule has 0 fully saturated rings. The number of hydrogen-bond donors (Lipinski definition) is 1. The molecular formula is C14H16ClN3O3S. The van der Waals surface area contributed by atoms with E-state index >= 15 is 0 Å². The zero-order valence-electron chi connectivity index (χ0n) is 12.2. The van der Waals surface area contributed by atoms with Crippen LogP contribution in [0.5, 0.6) is 0 Å². The van der Waals surface area contributed by atoms with Gasteiger partial charge in [0, 0.05) is 5.56 Å². The zero-order chi connectivity index (χ0) is 16.5. The van der Waals surface area contributed by atoms with Gasteiger partial charge in [-0.25, -0.2) is 13.1 Å². The molecule has 1 atom stereocenters. The van der Waals surface area contributed by atoms with Crippen molar-refractivity contribution in [3.8, 4) is 5.69 Å². The van der Waals surface area contributed by atoms with E-state index in [1.165, 1.54) is 11.6 Å². The summed E-state index contributed by atoms with van der Waals surface area (Å²) in [6.07, 6.45) is 0. The SMILES string of the molecule is Cc1nn(-c2ccccc2)c(Cl)c1CS(=O)(=O)C(C)C(N)=O. The lowest BCUT2D eigenvalue weighted by Gasteiger charge is -2.09. The molecule has 2 aromatic rings. The Bertz CT molecular complexity index is 800. The highest BCUT2D eigenvalue weighted by molar-refractivity contribution is 7.92. The second-order valence-corrected chi connectivity index (χ2v) is 7.63. The maximum atomic E-state index is 12.2. The van der Waals surface area contributed by atoms with E-state index < -0.39 is 21.0 Å². The van der Waals surface area contributed by atoms with Crippen LogP contribution in [0.25, 0.3) is 5.69 Å². The summed E-state index contributed by atoms with van der Waals surface area (Å²) in [5, 5.41) is 3.21. The summed E-state index contributed by atoms with van der Waals surface area (Å²) in [6, 6.07) is 9.13. The van der Waals surface area contributed by atoms with Crippen LogP contribution in [0, 0.1) is 6.92 Å². The highest BCUT2D eigenvalue weighted by atomic mass is 35.5. The molecule has 0 saturated heterocycles. The van der Waals surface area contributed by atoms with E-state index in [4.69, 9.17) is 17.3 Å². The van der Waals surface area contributed by atoms with Crippen molar-refractivity contribution in [2.75, 3.05) is 0 Å². The van der Waals surface area contributed by atoms with Crippen LogP contribution >= 0.6 is 11.6 Å². The molecule has 6 nitrogen and oxygen atoms in total. The number of nitrogens with zero attached hydrogens (tertiary/aromatic N) is 2. The number of hydrogen-bond acceptors (Lipinski definition) is 4. The number of para-hydroxylation sites is 1. The van der Waals surface area contributed by atoms with Gasteiger partial charge in [-0.1, -0.05) is 29.8 Å². The van der Waals surface area contributed by atoms with Crippen LogP contribution in [0.2, 0.25) is 5.15 Å². The van der Waals surface area contributed by atoms with Crippen LogP contribution < -0.4 is 5.73 Å². The van der Waals surface area contributed by atoms with Gasteiger partial charge in [0.1, 0.15) is 10.4 Å². The number of halogens is 1. The molecule has 1 amide bonds. The standard InChI is InChI=1S/C14H16ClN3O3S/c1-9-12(8-22(20,21)10(2)14(16)19)13(15)18(17-9)11-6-4-3-5-7-11/h3-7,10H,8H2,1-2H3,(H2,16,19). The summed E-state index contributed by atoms with van der Waals surface area (Å²) in [5.41, 5.74) is 6.67. The summed E-state index contributed by atoms with van der Waals surface area (Å²) in [7, 11) is -3.74. The number of carbonyl (C=O) groups is 1. The first-order valence-electron chi connectivity index (χ1n) is 6.54. The van der Waals surface area contributed by atoms with Gasteiger partial charge >= 0.3 is 0 Å². The second-order valence-electron chi connectivity index (χ2n) is 4.95. The highest BCUT2D eigenvalue weighted by Gasteiger charge is 2.29. The first kappa shape index (κ1) is 16.5. The predicted octanol–water partition coefficient (Wildman–Crippen LogP) is 1.62. The van der Waals surface area contributed by atoms with E-state index in [2.05, 4.69) is 5.10 Å². The molecule has 0 radical (unpaired) electrons. The third-order valence-electron chi connectivity index (χ3n) is 3.41. The Morgan fingerprint density at radius 2 is 1.95 bits per heavy atom. The molecule has 1 aromatic heterocycles. The largest absolute Gasteiger partial charge is 0.369 e. The highest BCUT2D eigenvalue weighted by Crippen LogP contribution is 2.26. The smallest absolute Gasteiger partial charge is 0.235 e. The van der Waals surface area contributed by atoms with Crippen molar-refractivity contribution >= 4 is 27.3 Å². The molecule has 8 heteroatoms. The Hall–Kier alpha value is -1.86. The van der Waals surface area contributed by atoms with Crippen molar-refractivity contribution in [2.24, 2.45) is 5.73 Å². The van der Waals surface area contributed by atoms with E-state index in [9.17, 15) is 13.2 Å². The minimum absolute atomic E-state index is 0.212. The lowest BCUT2D eigenvalue weighted by molar-refractivity contribution is -0.117. The van der Waals surface area contributed by atoms with Crippen LogP contribution in [-0.4, -0.2) is 29.4 Å². The quantitative estimate of drug-likeness (QED) is 0.894. The molecular weight excluding hydrogens is 326 g/mol. The maximum absolute atomic E-state index is 12.2. The Kier molecular flexibility index (Phi) is 4.58. The fourth-order valence-electron chi connectivity index (χ4n) is 1.94. The first-order valence-corrected chi connectivity index (χ1v) is 8.63. The molecule has 2 rings (SSSR count). The molecule has 0 bridgehead atoms. The lowest BCUT2D eigenvalue weighted by Crippen LogP contribution is -2.34. The fourth-order valence-corrected chi connectivity index (χ4v) is 3.71. The Labute approximate surface area is 133 Å². The summed E-state index contributed by atoms with van der Waals surface area (Å²) in [6.45, 7) is 2.94. The van der Waals surface area contributed by atoms with E-state index in [0.29, 0.717) is 11.3 Å². The average Bonchev–Trinajstić information content (AvgIpc) is 2.75. The van der Waals surface area contributed by atoms with Gasteiger partial charge in [-0.15, -0.1) is 0 Å². The summed E-state index contributed by atoms with van der Waals surface area (Å²) < 4.78 is 25.9. The van der Waals surface area contributed by atoms with Crippen molar-refractivity contribution < 1.29 is 13.2 Å². The molecule has 22 heavy (non-hydrogen) atoms. The Morgan fingerprint density at radius 1 is 1.36 bits per heavy atom. The number of nitrogens with two attached hydrogens (primary N) is 1. The molecule has 1 unspecified atom stereocenters. The van der Waals surface area contributed by atoms with E-state index in [1.807, 2.05) is 30.3 Å². The van der Waals surface area contributed by atoms with E-state index in [0.717, 1.165) is 5.69 Å². The fraction of sp³-hybridized carbons (Fsp3) is 0.286. The number of benzene rings is 1. The third-order valence-corrected chi connectivity index (χ3v) is 5.80. The maximum Gasteiger partial charge on any atom is 0.235 e. The topological polar surface area (TPSA) is 95.1 Å². The van der Waals surface area contributed by atoms with Crippen molar-refractivity contribution in [3.05, 3.63) is 46.7 Å². The summed E-state index contributed by atoms with van der Waals surface area (Å²) >= 11 is 6.27. The molecule has 118 valence electrons. The van der Waals surface area contributed by atoms with Gasteiger partial charge < -0.3 is 5.73 Å². The van der Waals surface area contributed by atoms with Gasteiger partial charge in [-0.2, -0.15) is 5.10 Å². The molecule has 1 heterocycles. The Morgan fingerprint density at radius 3 is 2.50 bits per heavy atom. The number of carbonyl (C=O) groups excluding carboxylic acids is 1. The second kappa shape index (κ2) is 6.10. The number of aryl methyl sites for hydroxylation is 1. The van der Waals surface area contributed by atoms with Gasteiger partial charge in [0.25, 0.3) is 0 Å². The molecule has 0 spiro atoms. The van der Waals surface area contributed by atoms with Crippen LogP contribution in [-0.2, 0) is 20.4 Å². The van der Waals surface area contributed by atoms with Crippen molar-refractivity contribution in [2.45, 2.75) is 24.9 Å². The molecule has 1 aromatic carbocycles. The number of aromatic nitrogens is 2. The number of primary amides is 1. The van der Waals surface area contributed by atoms with Gasteiger partial charge in [-0.3, -0.25) is 4.79 Å².